The van der Waals surface area contributed by atoms with Crippen LogP contribution in [0.1, 0.15) is 44.9 Å². The van der Waals surface area contributed by atoms with Gasteiger partial charge in [-0.25, -0.2) is 0 Å². The number of hydrogen-bond acceptors (Lipinski definition) is 2. The Balaban J connectivity index is 1.95. The third kappa shape index (κ3) is 2.83. The van der Waals surface area contributed by atoms with Crippen molar-refractivity contribution >= 4 is 0 Å². The molecule has 0 bridgehead atoms. The molecule has 1 heterocycles. The van der Waals surface area contributed by atoms with E-state index in [-0.39, 0.29) is 57.2 Å². The molecule has 0 N–H and O–H groups in total. The molecular formula is C16H22F6O2. The van der Waals surface area contributed by atoms with Crippen LogP contribution in [0.15, 0.2) is 0 Å². The van der Waals surface area contributed by atoms with Crippen LogP contribution in [0, 0.1) is 17.3 Å². The number of ether oxygens (including phenoxy) is 2. The number of epoxide rings is 1. The number of rotatable bonds is 3. The molecule has 3 aliphatic rings. The van der Waals surface area contributed by atoms with Crippen molar-refractivity contribution in [3.63, 3.8) is 0 Å². The molecule has 24 heavy (non-hydrogen) atoms. The molecule has 1 aliphatic heterocycles. The molecule has 3 fully saturated rings. The van der Waals surface area contributed by atoms with Gasteiger partial charge in [-0.15, -0.1) is 0 Å². The number of halogens is 6. The van der Waals surface area contributed by atoms with Gasteiger partial charge in [-0.3, -0.25) is 0 Å². The van der Waals surface area contributed by atoms with E-state index in [9.17, 15) is 26.3 Å². The Morgan fingerprint density at radius 1 is 0.750 bits per heavy atom. The second-order valence-electron chi connectivity index (χ2n) is 7.30. The molecule has 2 aliphatic carbocycles. The smallest absolute Gasteiger partial charge is 0.381 e. The lowest BCUT2D eigenvalue weighted by molar-refractivity contribution is -0.381. The first-order valence-electron chi connectivity index (χ1n) is 8.43. The highest BCUT2D eigenvalue weighted by Gasteiger charge is 2.77. The number of methoxy groups -OCH3 is 1. The van der Waals surface area contributed by atoms with E-state index in [1.54, 1.807) is 0 Å². The molecule has 3 atom stereocenters. The Kier molecular flexibility index (Phi) is 4.60. The molecule has 3 rings (SSSR count). The molecule has 2 saturated carbocycles. The third-order valence-corrected chi connectivity index (χ3v) is 6.24. The normalized spacial score (nSPS) is 37.9. The Labute approximate surface area is 136 Å². The van der Waals surface area contributed by atoms with Gasteiger partial charge in [0.15, 0.2) is 5.41 Å². The number of hydrogen-bond donors (Lipinski definition) is 0. The fourth-order valence-electron chi connectivity index (χ4n) is 4.99. The molecule has 0 aromatic carbocycles. The van der Waals surface area contributed by atoms with Crippen molar-refractivity contribution in [3.8, 4) is 0 Å². The highest BCUT2D eigenvalue weighted by molar-refractivity contribution is 5.08. The van der Waals surface area contributed by atoms with Crippen molar-refractivity contribution in [2.75, 3.05) is 7.11 Å². The van der Waals surface area contributed by atoms with E-state index in [0.29, 0.717) is 0 Å². The van der Waals surface area contributed by atoms with Gasteiger partial charge in [0.1, 0.15) is 0 Å². The fourth-order valence-corrected chi connectivity index (χ4v) is 4.99. The Bertz CT molecular complexity index is 438. The Hall–Kier alpha value is -0.500. The summed E-state index contributed by atoms with van der Waals surface area (Å²) in [6.07, 6.45) is -11.1. The van der Waals surface area contributed by atoms with Gasteiger partial charge in [0.2, 0.25) is 0 Å². The lowest BCUT2D eigenvalue weighted by atomic mass is 9.57. The van der Waals surface area contributed by atoms with Crippen molar-refractivity contribution in [3.05, 3.63) is 0 Å². The van der Waals surface area contributed by atoms with Crippen LogP contribution in [0.2, 0.25) is 0 Å². The maximum atomic E-state index is 14.0. The Morgan fingerprint density at radius 3 is 1.75 bits per heavy atom. The molecule has 0 radical (unpaired) electrons. The van der Waals surface area contributed by atoms with Gasteiger partial charge >= 0.3 is 12.4 Å². The zero-order valence-corrected chi connectivity index (χ0v) is 13.4. The van der Waals surface area contributed by atoms with Crippen LogP contribution in [0.25, 0.3) is 0 Å². The minimum Gasteiger partial charge on any atom is -0.381 e. The van der Waals surface area contributed by atoms with Gasteiger partial charge in [0.25, 0.3) is 0 Å². The first kappa shape index (κ1) is 18.3. The second kappa shape index (κ2) is 6.04. The van der Waals surface area contributed by atoms with Crippen molar-refractivity contribution in [1.29, 1.82) is 0 Å². The van der Waals surface area contributed by atoms with E-state index in [1.165, 1.54) is 7.11 Å². The van der Waals surface area contributed by atoms with Crippen molar-refractivity contribution in [1.82, 2.24) is 0 Å². The van der Waals surface area contributed by atoms with Crippen LogP contribution in [-0.4, -0.2) is 37.8 Å². The summed E-state index contributed by atoms with van der Waals surface area (Å²) in [5.41, 5.74) is -3.63. The maximum Gasteiger partial charge on any atom is 0.403 e. The predicted octanol–water partition coefficient (Wildman–Crippen LogP) is 4.87. The molecule has 8 heteroatoms. The van der Waals surface area contributed by atoms with Gasteiger partial charge < -0.3 is 9.47 Å². The van der Waals surface area contributed by atoms with Crippen molar-refractivity contribution < 1.29 is 35.8 Å². The van der Waals surface area contributed by atoms with E-state index < -0.39 is 35.7 Å². The number of alkyl halides is 6. The minimum atomic E-state index is -5.32. The van der Waals surface area contributed by atoms with E-state index >= 15 is 0 Å². The highest BCUT2D eigenvalue weighted by Crippen LogP contribution is 2.65. The van der Waals surface area contributed by atoms with Gasteiger partial charge in [-0.05, 0) is 56.8 Å². The lowest BCUT2D eigenvalue weighted by Gasteiger charge is -2.50. The monoisotopic (exact) mass is 360 g/mol. The molecule has 0 aromatic heterocycles. The first-order valence-corrected chi connectivity index (χ1v) is 8.43. The van der Waals surface area contributed by atoms with Gasteiger partial charge in [-0.1, -0.05) is 0 Å². The fraction of sp³-hybridized carbons (Fsp3) is 1.00. The zero-order valence-electron chi connectivity index (χ0n) is 13.4. The molecular weight excluding hydrogens is 338 g/mol. The van der Waals surface area contributed by atoms with Crippen LogP contribution >= 0.6 is 0 Å². The maximum absolute atomic E-state index is 14.0. The third-order valence-electron chi connectivity index (χ3n) is 6.24. The van der Waals surface area contributed by atoms with E-state index in [2.05, 4.69) is 0 Å². The average molecular weight is 360 g/mol. The predicted molar refractivity (Wildman–Crippen MR) is 73.3 cm³/mol. The summed E-state index contributed by atoms with van der Waals surface area (Å²) >= 11 is 0. The van der Waals surface area contributed by atoms with Crippen LogP contribution in [0.4, 0.5) is 26.3 Å². The summed E-state index contributed by atoms with van der Waals surface area (Å²) in [4.78, 5) is 0. The van der Waals surface area contributed by atoms with Gasteiger partial charge in [-0.2, -0.15) is 26.3 Å². The SMILES string of the molecule is COC1CCC(C(C2CCC3OC3C2)(C(F)(F)F)C(F)(F)F)CC1. The second-order valence-corrected chi connectivity index (χ2v) is 7.30. The molecule has 2 nitrogen and oxygen atoms in total. The van der Waals surface area contributed by atoms with Gasteiger partial charge in [0.05, 0.1) is 18.3 Å². The van der Waals surface area contributed by atoms with Crippen LogP contribution < -0.4 is 0 Å². The molecule has 0 amide bonds. The molecule has 0 aromatic rings. The van der Waals surface area contributed by atoms with E-state index in [1.807, 2.05) is 0 Å². The first-order chi connectivity index (χ1) is 11.1. The van der Waals surface area contributed by atoms with Crippen LogP contribution in [-0.2, 0) is 9.47 Å². The zero-order chi connectivity index (χ0) is 17.8. The van der Waals surface area contributed by atoms with Crippen molar-refractivity contribution in [2.45, 2.75) is 75.6 Å². The quantitative estimate of drug-likeness (QED) is 0.529. The summed E-state index contributed by atoms with van der Waals surface area (Å²) < 4.78 is 94.1. The average Bonchev–Trinajstić information content (AvgIpc) is 3.24. The summed E-state index contributed by atoms with van der Waals surface area (Å²) in [5, 5.41) is 0. The highest BCUT2D eigenvalue weighted by atomic mass is 19.4. The standard InChI is InChI=1S/C16H22F6O2/c1-23-11-5-2-9(3-6-11)14(15(17,18)19,16(20,21)22)10-4-7-12-13(8-10)24-12/h9-13H,2-8H2,1H3. The minimum absolute atomic E-state index is 0.0790. The van der Waals surface area contributed by atoms with Crippen molar-refractivity contribution in [2.24, 2.45) is 17.3 Å². The lowest BCUT2D eigenvalue weighted by Crippen LogP contribution is -2.60. The van der Waals surface area contributed by atoms with Gasteiger partial charge in [0, 0.05) is 7.11 Å². The summed E-state index contributed by atoms with van der Waals surface area (Å²) in [7, 11) is 1.44. The van der Waals surface area contributed by atoms with E-state index in [4.69, 9.17) is 9.47 Å². The summed E-state index contributed by atoms with van der Waals surface area (Å²) in [5.74, 6) is -2.89. The van der Waals surface area contributed by atoms with Crippen LogP contribution in [0.5, 0.6) is 0 Å². The Morgan fingerprint density at radius 2 is 1.29 bits per heavy atom. The summed E-state index contributed by atoms with van der Waals surface area (Å²) in [6, 6.07) is 0. The topological polar surface area (TPSA) is 21.8 Å². The molecule has 140 valence electrons. The van der Waals surface area contributed by atoms with Crippen LogP contribution in [0.3, 0.4) is 0 Å². The number of fused-ring (bicyclic) bond motifs is 1. The summed E-state index contributed by atoms with van der Waals surface area (Å²) in [6.45, 7) is 0. The molecule has 0 spiro atoms. The molecule has 1 saturated heterocycles. The largest absolute Gasteiger partial charge is 0.403 e. The van der Waals surface area contributed by atoms with E-state index in [0.717, 1.165) is 0 Å². The molecule has 3 unspecified atom stereocenters.